The number of rotatable bonds is 8. The number of piperazine rings is 1. The van der Waals surface area contributed by atoms with Crippen molar-refractivity contribution in [3.05, 3.63) is 46.1 Å². The van der Waals surface area contributed by atoms with Crippen molar-refractivity contribution in [3.63, 3.8) is 0 Å². The van der Waals surface area contributed by atoms with E-state index in [-0.39, 0.29) is 5.91 Å². The van der Waals surface area contributed by atoms with Crippen LogP contribution in [0.15, 0.2) is 24.3 Å². The second-order valence-electron chi connectivity index (χ2n) is 7.96. The normalized spacial score (nSPS) is 14.6. The molecule has 1 amide bonds. The molecule has 0 atom stereocenters. The fourth-order valence-corrected chi connectivity index (χ4v) is 5.22. The van der Waals surface area contributed by atoms with Gasteiger partial charge in [0, 0.05) is 39.8 Å². The molecule has 1 saturated heterocycles. The van der Waals surface area contributed by atoms with Gasteiger partial charge in [-0.15, -0.1) is 11.3 Å². The average molecular weight is 471 g/mol. The number of nitrogens with zero attached hydrogens (tertiary/aromatic N) is 4. The van der Waals surface area contributed by atoms with Gasteiger partial charge >= 0.3 is 0 Å². The Hall–Kier alpha value is -2.75. The number of carbonyl (C=O) groups excluding carboxylic acids is 1. The van der Waals surface area contributed by atoms with Crippen molar-refractivity contribution in [2.24, 2.45) is 0 Å². The van der Waals surface area contributed by atoms with E-state index in [0.717, 1.165) is 41.2 Å². The lowest BCUT2D eigenvalue weighted by Crippen LogP contribution is -2.48. The molecule has 0 bridgehead atoms. The highest BCUT2D eigenvalue weighted by molar-refractivity contribution is 7.20. The van der Waals surface area contributed by atoms with Crippen LogP contribution >= 0.6 is 11.3 Å². The predicted molar refractivity (Wildman–Crippen MR) is 128 cm³/mol. The minimum Gasteiger partial charge on any atom is -0.494 e. The minimum absolute atomic E-state index is 0.0477. The first-order valence-electron chi connectivity index (χ1n) is 11.1. The molecule has 1 aliphatic heterocycles. The highest BCUT2D eigenvalue weighted by atomic mass is 32.1. The first-order chi connectivity index (χ1) is 16.0. The number of ether oxygens (including phenoxy) is 3. The average Bonchev–Trinajstić information content (AvgIpc) is 3.16. The van der Waals surface area contributed by atoms with Gasteiger partial charge in [0.1, 0.15) is 17.2 Å². The second kappa shape index (κ2) is 10.5. The van der Waals surface area contributed by atoms with Crippen LogP contribution in [0.25, 0.3) is 10.2 Å². The Balaban J connectivity index is 1.43. The minimum atomic E-state index is 0.0477. The van der Waals surface area contributed by atoms with Gasteiger partial charge in [-0.25, -0.2) is 4.98 Å². The SMILES string of the molecule is CCOc1ccc(CN2CCN(C(=O)c3sc4nc(COC)nc(OC)c4c3C)CC2)cc1. The van der Waals surface area contributed by atoms with E-state index in [4.69, 9.17) is 14.2 Å². The van der Waals surface area contributed by atoms with Crippen LogP contribution in [0.2, 0.25) is 0 Å². The van der Waals surface area contributed by atoms with Crippen molar-refractivity contribution in [2.45, 2.75) is 27.0 Å². The van der Waals surface area contributed by atoms with Crippen LogP contribution in [0, 0.1) is 6.92 Å². The Labute approximate surface area is 198 Å². The van der Waals surface area contributed by atoms with Gasteiger partial charge < -0.3 is 19.1 Å². The quantitative estimate of drug-likeness (QED) is 0.499. The van der Waals surface area contributed by atoms with Gasteiger partial charge in [0.2, 0.25) is 5.88 Å². The fraction of sp³-hybridized carbons (Fsp3) is 0.458. The summed E-state index contributed by atoms with van der Waals surface area (Å²) in [6.07, 6.45) is 0. The summed E-state index contributed by atoms with van der Waals surface area (Å²) in [4.78, 5) is 28.1. The Morgan fingerprint density at radius 2 is 1.82 bits per heavy atom. The number of thiophene rings is 1. The van der Waals surface area contributed by atoms with Gasteiger partial charge in [-0.2, -0.15) is 4.98 Å². The molecule has 33 heavy (non-hydrogen) atoms. The number of methoxy groups -OCH3 is 2. The molecule has 0 spiro atoms. The van der Waals surface area contributed by atoms with Gasteiger partial charge in [-0.05, 0) is 37.1 Å². The predicted octanol–water partition coefficient (Wildman–Crippen LogP) is 3.51. The van der Waals surface area contributed by atoms with Crippen molar-refractivity contribution in [3.8, 4) is 11.6 Å². The molecule has 1 fully saturated rings. The van der Waals surface area contributed by atoms with Crippen LogP contribution in [0.3, 0.4) is 0 Å². The van der Waals surface area contributed by atoms with Crippen LogP contribution < -0.4 is 9.47 Å². The van der Waals surface area contributed by atoms with Crippen LogP contribution in [-0.2, 0) is 17.9 Å². The maximum atomic E-state index is 13.4. The first kappa shape index (κ1) is 23.4. The van der Waals surface area contributed by atoms with Crippen LogP contribution in [0.4, 0.5) is 0 Å². The van der Waals surface area contributed by atoms with Gasteiger partial charge in [0.05, 0.1) is 24.0 Å². The van der Waals surface area contributed by atoms with E-state index in [0.29, 0.717) is 42.9 Å². The highest BCUT2D eigenvalue weighted by Crippen LogP contribution is 2.35. The maximum Gasteiger partial charge on any atom is 0.264 e. The van der Waals surface area contributed by atoms with E-state index in [1.165, 1.54) is 16.9 Å². The zero-order chi connectivity index (χ0) is 23.4. The molecular weight excluding hydrogens is 440 g/mol. The lowest BCUT2D eigenvalue weighted by atomic mass is 10.1. The number of fused-ring (bicyclic) bond motifs is 1. The van der Waals surface area contributed by atoms with Crippen molar-refractivity contribution in [1.29, 1.82) is 0 Å². The molecular formula is C24H30N4O4S. The van der Waals surface area contributed by atoms with Crippen LogP contribution in [0.1, 0.15) is 33.5 Å². The third-order valence-corrected chi connectivity index (χ3v) is 6.94. The summed E-state index contributed by atoms with van der Waals surface area (Å²) in [6.45, 7) is 8.82. The smallest absolute Gasteiger partial charge is 0.264 e. The summed E-state index contributed by atoms with van der Waals surface area (Å²) >= 11 is 1.40. The lowest BCUT2D eigenvalue weighted by Gasteiger charge is -2.34. The number of aromatic nitrogens is 2. The molecule has 0 radical (unpaired) electrons. The summed E-state index contributed by atoms with van der Waals surface area (Å²) in [5, 5.41) is 0.805. The van der Waals surface area contributed by atoms with Gasteiger partial charge in [0.15, 0.2) is 5.82 Å². The largest absolute Gasteiger partial charge is 0.494 e. The molecule has 0 saturated carbocycles. The van der Waals surface area contributed by atoms with E-state index in [2.05, 4.69) is 27.0 Å². The third kappa shape index (κ3) is 5.10. The summed E-state index contributed by atoms with van der Waals surface area (Å²) in [7, 11) is 3.19. The highest BCUT2D eigenvalue weighted by Gasteiger charge is 2.27. The molecule has 176 valence electrons. The Morgan fingerprint density at radius 3 is 2.45 bits per heavy atom. The summed E-state index contributed by atoms with van der Waals surface area (Å²) in [6, 6.07) is 8.24. The van der Waals surface area contributed by atoms with E-state index in [9.17, 15) is 4.79 Å². The third-order valence-electron chi connectivity index (χ3n) is 5.76. The van der Waals surface area contributed by atoms with Gasteiger partial charge in [-0.1, -0.05) is 12.1 Å². The molecule has 9 heteroatoms. The molecule has 2 aromatic heterocycles. The monoisotopic (exact) mass is 470 g/mol. The Kier molecular flexibility index (Phi) is 7.42. The van der Waals surface area contributed by atoms with E-state index in [1.807, 2.05) is 30.9 Å². The van der Waals surface area contributed by atoms with Crippen LogP contribution in [-0.4, -0.2) is 72.7 Å². The molecule has 0 unspecified atom stereocenters. The molecule has 3 aromatic rings. The number of amides is 1. The first-order valence-corrected chi connectivity index (χ1v) is 11.9. The lowest BCUT2D eigenvalue weighted by molar-refractivity contribution is 0.0632. The summed E-state index contributed by atoms with van der Waals surface area (Å²) in [5.74, 6) is 1.97. The summed E-state index contributed by atoms with van der Waals surface area (Å²) in [5.41, 5.74) is 2.12. The molecule has 1 aromatic carbocycles. The molecule has 0 N–H and O–H groups in total. The molecule has 8 nitrogen and oxygen atoms in total. The number of aryl methyl sites for hydroxylation is 1. The Morgan fingerprint density at radius 1 is 1.09 bits per heavy atom. The fourth-order valence-electron chi connectivity index (χ4n) is 4.06. The zero-order valence-electron chi connectivity index (χ0n) is 19.6. The van der Waals surface area contributed by atoms with Gasteiger partial charge in [0.25, 0.3) is 5.91 Å². The topological polar surface area (TPSA) is 77.0 Å². The molecule has 4 rings (SSSR count). The second-order valence-corrected chi connectivity index (χ2v) is 8.96. The summed E-state index contributed by atoms with van der Waals surface area (Å²) < 4.78 is 16.2. The number of carbonyl (C=O) groups is 1. The van der Waals surface area contributed by atoms with Crippen molar-refractivity contribution in [1.82, 2.24) is 19.8 Å². The van der Waals surface area contributed by atoms with Crippen molar-refractivity contribution in [2.75, 3.05) is 47.0 Å². The van der Waals surface area contributed by atoms with E-state index in [1.54, 1.807) is 14.2 Å². The number of hydrogen-bond acceptors (Lipinski definition) is 8. The zero-order valence-corrected chi connectivity index (χ0v) is 20.4. The van der Waals surface area contributed by atoms with Crippen LogP contribution in [0.5, 0.6) is 11.6 Å². The van der Waals surface area contributed by atoms with E-state index < -0.39 is 0 Å². The van der Waals surface area contributed by atoms with Gasteiger partial charge in [-0.3, -0.25) is 9.69 Å². The van der Waals surface area contributed by atoms with Crippen molar-refractivity contribution < 1.29 is 19.0 Å². The van der Waals surface area contributed by atoms with E-state index >= 15 is 0 Å². The molecule has 0 aliphatic carbocycles. The Bertz CT molecular complexity index is 1110. The maximum absolute atomic E-state index is 13.4. The standard InChI is InChI=1S/C24H30N4O4S/c1-5-32-18-8-6-17(7-9-18)14-27-10-12-28(13-11-27)24(29)21-16(2)20-22(31-4)25-19(15-30-3)26-23(20)33-21/h6-9H,5,10-15H2,1-4H3. The number of hydrogen-bond donors (Lipinski definition) is 0. The number of benzene rings is 1. The van der Waals surface area contributed by atoms with Crippen molar-refractivity contribution >= 4 is 27.5 Å². The molecule has 1 aliphatic rings. The molecule has 3 heterocycles.